The summed E-state index contributed by atoms with van der Waals surface area (Å²) < 4.78 is 11.5. The predicted octanol–water partition coefficient (Wildman–Crippen LogP) is 3.64. The first-order chi connectivity index (χ1) is 9.59. The summed E-state index contributed by atoms with van der Waals surface area (Å²) in [7, 11) is 0. The fraction of sp³-hybridized carbons (Fsp3) is 0.250. The molecule has 1 spiro atoms. The van der Waals surface area contributed by atoms with Crippen LogP contribution < -0.4 is 4.74 Å². The van der Waals surface area contributed by atoms with E-state index in [-0.39, 0.29) is 5.75 Å². The molecule has 2 heterocycles. The van der Waals surface area contributed by atoms with Gasteiger partial charge in [0.25, 0.3) is 0 Å². The van der Waals surface area contributed by atoms with Crippen LogP contribution in [0.4, 0.5) is 0 Å². The summed E-state index contributed by atoms with van der Waals surface area (Å²) in [6.45, 7) is 3.04. The van der Waals surface area contributed by atoms with Gasteiger partial charge in [0.05, 0.1) is 13.2 Å². The molecule has 0 atom stereocenters. The highest BCUT2D eigenvalue weighted by molar-refractivity contribution is 6.31. The first kappa shape index (κ1) is 12.1. The van der Waals surface area contributed by atoms with Gasteiger partial charge in [-0.3, -0.25) is 0 Å². The van der Waals surface area contributed by atoms with Crippen LogP contribution in [0, 0.1) is 6.92 Å². The number of rotatable bonds is 0. The van der Waals surface area contributed by atoms with E-state index in [4.69, 9.17) is 21.1 Å². The molecule has 2 aliphatic heterocycles. The Labute approximate surface area is 121 Å². The van der Waals surface area contributed by atoms with Crippen LogP contribution in [0.15, 0.2) is 30.3 Å². The first-order valence-electron chi connectivity index (χ1n) is 6.50. The van der Waals surface area contributed by atoms with E-state index in [0.29, 0.717) is 19.0 Å². The van der Waals surface area contributed by atoms with Crippen LogP contribution in [-0.2, 0) is 10.3 Å². The summed E-state index contributed by atoms with van der Waals surface area (Å²) in [5.41, 5.74) is 3.72. The molecule has 1 fully saturated rings. The fourth-order valence-corrected chi connectivity index (χ4v) is 3.03. The summed E-state index contributed by atoms with van der Waals surface area (Å²) >= 11 is 6.28. The highest BCUT2D eigenvalue weighted by atomic mass is 35.5. The molecule has 0 radical (unpaired) electrons. The van der Waals surface area contributed by atoms with E-state index in [1.807, 2.05) is 19.1 Å². The largest absolute Gasteiger partial charge is 0.508 e. The Morgan fingerprint density at radius 2 is 1.95 bits per heavy atom. The van der Waals surface area contributed by atoms with E-state index in [2.05, 4.69) is 6.07 Å². The maximum atomic E-state index is 9.66. The topological polar surface area (TPSA) is 38.7 Å². The monoisotopic (exact) mass is 288 g/mol. The van der Waals surface area contributed by atoms with Crippen LogP contribution in [0.25, 0.3) is 11.1 Å². The molecule has 1 N–H and O–H groups in total. The molecule has 0 aliphatic carbocycles. The smallest absolute Gasteiger partial charge is 0.181 e. The van der Waals surface area contributed by atoms with Gasteiger partial charge in [0, 0.05) is 22.2 Å². The highest BCUT2D eigenvalue weighted by Crippen LogP contribution is 2.50. The number of aryl methyl sites for hydroxylation is 1. The molecule has 4 rings (SSSR count). The first-order valence-corrected chi connectivity index (χ1v) is 6.88. The molecule has 2 aromatic rings. The lowest BCUT2D eigenvalue weighted by Gasteiger charge is -2.46. The van der Waals surface area contributed by atoms with E-state index >= 15 is 0 Å². The zero-order chi connectivity index (χ0) is 13.9. The molecular formula is C16H13ClO3. The van der Waals surface area contributed by atoms with Gasteiger partial charge < -0.3 is 14.6 Å². The van der Waals surface area contributed by atoms with Crippen molar-refractivity contribution in [3.63, 3.8) is 0 Å². The fourth-order valence-electron chi connectivity index (χ4n) is 2.87. The normalized spacial score (nSPS) is 17.9. The average Bonchev–Trinajstić information content (AvgIpc) is 2.37. The number of phenols is 1. The lowest BCUT2D eigenvalue weighted by Crippen LogP contribution is -2.53. The van der Waals surface area contributed by atoms with Gasteiger partial charge in [-0.1, -0.05) is 11.6 Å². The molecule has 0 saturated carbocycles. The predicted molar refractivity (Wildman–Crippen MR) is 76.4 cm³/mol. The van der Waals surface area contributed by atoms with Crippen LogP contribution in [0.1, 0.15) is 11.1 Å². The van der Waals surface area contributed by atoms with Crippen molar-refractivity contribution in [2.24, 2.45) is 0 Å². The second-order valence-electron chi connectivity index (χ2n) is 5.42. The van der Waals surface area contributed by atoms with Gasteiger partial charge in [-0.05, 0) is 42.3 Å². The molecule has 1 saturated heterocycles. The Morgan fingerprint density at radius 3 is 2.65 bits per heavy atom. The third kappa shape index (κ3) is 1.51. The van der Waals surface area contributed by atoms with Crippen molar-refractivity contribution in [3.8, 4) is 22.6 Å². The van der Waals surface area contributed by atoms with Gasteiger partial charge in [0.1, 0.15) is 11.5 Å². The zero-order valence-electron chi connectivity index (χ0n) is 10.9. The van der Waals surface area contributed by atoms with Gasteiger partial charge in [0.15, 0.2) is 5.60 Å². The Hall–Kier alpha value is -1.71. The van der Waals surface area contributed by atoms with Crippen molar-refractivity contribution in [1.82, 2.24) is 0 Å². The number of fused-ring (bicyclic) bond motifs is 4. The minimum atomic E-state index is -0.439. The zero-order valence-corrected chi connectivity index (χ0v) is 11.7. The number of hydrogen-bond acceptors (Lipinski definition) is 3. The number of halogens is 1. The SMILES string of the molecule is Cc1cc2c(cc1Cl)-c1ccc(O)cc1OC21COC1. The van der Waals surface area contributed by atoms with Crippen LogP contribution in [0.3, 0.4) is 0 Å². The van der Waals surface area contributed by atoms with E-state index in [0.717, 1.165) is 27.3 Å². The van der Waals surface area contributed by atoms with Gasteiger partial charge in [-0.15, -0.1) is 0 Å². The van der Waals surface area contributed by atoms with Crippen molar-refractivity contribution in [1.29, 1.82) is 0 Å². The molecule has 0 aromatic heterocycles. The van der Waals surface area contributed by atoms with Crippen LogP contribution in [0.5, 0.6) is 11.5 Å². The molecule has 2 aliphatic rings. The molecule has 0 bridgehead atoms. The van der Waals surface area contributed by atoms with Crippen LogP contribution in [-0.4, -0.2) is 18.3 Å². The molecule has 0 unspecified atom stereocenters. The van der Waals surface area contributed by atoms with Crippen LogP contribution in [0.2, 0.25) is 5.02 Å². The van der Waals surface area contributed by atoms with E-state index in [1.54, 1.807) is 12.1 Å². The summed E-state index contributed by atoms with van der Waals surface area (Å²) in [6.07, 6.45) is 0. The summed E-state index contributed by atoms with van der Waals surface area (Å²) in [5.74, 6) is 0.876. The van der Waals surface area contributed by atoms with Crippen molar-refractivity contribution in [3.05, 3.63) is 46.5 Å². The third-order valence-electron chi connectivity index (χ3n) is 4.02. The van der Waals surface area contributed by atoms with E-state index < -0.39 is 5.60 Å². The molecule has 3 nitrogen and oxygen atoms in total. The van der Waals surface area contributed by atoms with Crippen LogP contribution >= 0.6 is 11.6 Å². The highest BCUT2D eigenvalue weighted by Gasteiger charge is 2.47. The van der Waals surface area contributed by atoms with Gasteiger partial charge >= 0.3 is 0 Å². The molecule has 20 heavy (non-hydrogen) atoms. The third-order valence-corrected chi connectivity index (χ3v) is 4.43. The van der Waals surface area contributed by atoms with E-state index in [9.17, 15) is 5.11 Å². The second kappa shape index (κ2) is 3.90. The van der Waals surface area contributed by atoms with Gasteiger partial charge in [-0.25, -0.2) is 0 Å². The number of aromatic hydroxyl groups is 1. The van der Waals surface area contributed by atoms with E-state index in [1.165, 1.54) is 0 Å². The minimum Gasteiger partial charge on any atom is -0.508 e. The summed E-state index contributed by atoms with van der Waals surface area (Å²) in [4.78, 5) is 0. The number of benzene rings is 2. The number of ether oxygens (including phenoxy) is 2. The van der Waals surface area contributed by atoms with Crippen molar-refractivity contribution in [2.45, 2.75) is 12.5 Å². The second-order valence-corrected chi connectivity index (χ2v) is 5.82. The lowest BCUT2D eigenvalue weighted by atomic mass is 9.82. The van der Waals surface area contributed by atoms with Gasteiger partial charge in [-0.2, -0.15) is 0 Å². The Balaban J connectivity index is 2.02. The maximum Gasteiger partial charge on any atom is 0.181 e. The Kier molecular flexibility index (Phi) is 2.35. The minimum absolute atomic E-state index is 0.195. The molecular weight excluding hydrogens is 276 g/mol. The molecule has 4 heteroatoms. The molecule has 102 valence electrons. The summed E-state index contributed by atoms with van der Waals surface area (Å²) in [5, 5.41) is 10.4. The Bertz CT molecular complexity index is 720. The summed E-state index contributed by atoms with van der Waals surface area (Å²) in [6, 6.07) is 9.23. The van der Waals surface area contributed by atoms with Crippen molar-refractivity contribution < 1.29 is 14.6 Å². The standard InChI is InChI=1S/C16H13ClO3/c1-9-4-13-12(6-14(9)17)11-3-2-10(18)5-15(11)20-16(13)7-19-8-16/h2-6,18H,7-8H2,1H3. The average molecular weight is 289 g/mol. The maximum absolute atomic E-state index is 9.66. The lowest BCUT2D eigenvalue weighted by molar-refractivity contribution is -0.169. The quantitative estimate of drug-likeness (QED) is 0.804. The number of hydrogen-bond donors (Lipinski definition) is 1. The Morgan fingerprint density at radius 1 is 1.15 bits per heavy atom. The van der Waals surface area contributed by atoms with Crippen molar-refractivity contribution in [2.75, 3.05) is 13.2 Å². The number of phenolic OH excluding ortho intramolecular Hbond substituents is 1. The van der Waals surface area contributed by atoms with Gasteiger partial charge in [0.2, 0.25) is 0 Å². The molecule has 0 amide bonds. The van der Waals surface area contributed by atoms with Crippen molar-refractivity contribution >= 4 is 11.6 Å². The molecule has 2 aromatic carbocycles.